The Morgan fingerprint density at radius 1 is 0.970 bits per heavy atom. The van der Waals surface area contributed by atoms with E-state index >= 15 is 0 Å². The number of aromatic amines is 1. The quantitative estimate of drug-likeness (QED) is 0.344. The molecule has 0 fully saturated rings. The minimum Gasteiger partial charge on any atom is -0.299 e. The van der Waals surface area contributed by atoms with E-state index in [1.165, 1.54) is 12.8 Å². The zero-order chi connectivity index (χ0) is 23.0. The van der Waals surface area contributed by atoms with Crippen molar-refractivity contribution in [2.45, 2.75) is 65.5 Å². The summed E-state index contributed by atoms with van der Waals surface area (Å²) in [6.45, 7) is 5.71. The molecule has 0 saturated carbocycles. The number of rotatable bonds is 11. The molecule has 1 N–H and O–H groups in total. The minimum atomic E-state index is 0.0903. The summed E-state index contributed by atoms with van der Waals surface area (Å²) in [7, 11) is 0. The van der Waals surface area contributed by atoms with Gasteiger partial charge < -0.3 is 0 Å². The van der Waals surface area contributed by atoms with Gasteiger partial charge in [-0.05, 0) is 47.2 Å². The van der Waals surface area contributed by atoms with Gasteiger partial charge in [-0.3, -0.25) is 14.1 Å². The van der Waals surface area contributed by atoms with Crippen LogP contribution in [0, 0.1) is 0 Å². The fourth-order valence-corrected chi connectivity index (χ4v) is 4.07. The van der Waals surface area contributed by atoms with E-state index in [9.17, 15) is 4.79 Å². The fourth-order valence-electron chi connectivity index (χ4n) is 4.07. The summed E-state index contributed by atoms with van der Waals surface area (Å²) in [5.74, 6) is 0.513. The topological polar surface area (TPSA) is 94.3 Å². The van der Waals surface area contributed by atoms with E-state index in [0.717, 1.165) is 60.2 Å². The molecule has 0 spiro atoms. The first kappa shape index (κ1) is 22.6. The Bertz CT molecular complexity index is 1210. The molecule has 0 unspecified atom stereocenters. The summed E-state index contributed by atoms with van der Waals surface area (Å²) >= 11 is 0. The van der Waals surface area contributed by atoms with Crippen LogP contribution in [0.4, 0.5) is 0 Å². The van der Waals surface area contributed by atoms with Gasteiger partial charge in [0, 0.05) is 36.4 Å². The van der Waals surface area contributed by atoms with Gasteiger partial charge in [-0.25, -0.2) is 4.79 Å². The van der Waals surface area contributed by atoms with Crippen LogP contribution in [-0.4, -0.2) is 34.7 Å². The number of aryl methyl sites for hydroxylation is 2. The predicted molar refractivity (Wildman–Crippen MR) is 129 cm³/mol. The van der Waals surface area contributed by atoms with Crippen molar-refractivity contribution in [2.75, 3.05) is 0 Å². The van der Waals surface area contributed by atoms with Gasteiger partial charge in [0.25, 0.3) is 0 Å². The Balaban J connectivity index is 1.59. The average Bonchev–Trinajstić information content (AvgIpc) is 3.48. The van der Waals surface area contributed by atoms with Crippen molar-refractivity contribution in [3.63, 3.8) is 0 Å². The van der Waals surface area contributed by atoms with E-state index in [1.54, 1.807) is 12.4 Å². The van der Waals surface area contributed by atoms with Crippen molar-refractivity contribution in [3.05, 3.63) is 70.7 Å². The van der Waals surface area contributed by atoms with Gasteiger partial charge in [0.1, 0.15) is 0 Å². The van der Waals surface area contributed by atoms with Crippen LogP contribution >= 0.6 is 0 Å². The van der Waals surface area contributed by atoms with Crippen molar-refractivity contribution in [1.29, 1.82) is 0 Å². The number of imidazole rings is 1. The molecule has 0 aliphatic heterocycles. The summed E-state index contributed by atoms with van der Waals surface area (Å²) in [5.41, 5.74) is 5.16. The Morgan fingerprint density at radius 3 is 2.52 bits per heavy atom. The standard InChI is InChI=1S/C25H31N7O/c1-3-5-7-8-21-18-31(15-6-4-2)25(33)32(21)17-19-9-11-20(12-10-19)22-13-14-26-16-23(22)24-27-29-30-28-24/h9-14,16,18H,3-8,15,17H2,1-2H3,(H,27,28,29,30). The molecule has 0 aliphatic carbocycles. The third-order valence-electron chi connectivity index (χ3n) is 5.93. The molecule has 0 atom stereocenters. The van der Waals surface area contributed by atoms with Crippen LogP contribution in [0.25, 0.3) is 22.5 Å². The highest BCUT2D eigenvalue weighted by Crippen LogP contribution is 2.29. The SMILES string of the molecule is CCCCCc1cn(CCCC)c(=O)n1Cc1ccc(-c2ccncc2-c2nn[nH]n2)cc1. The van der Waals surface area contributed by atoms with E-state index in [1.807, 2.05) is 15.2 Å². The number of pyridine rings is 1. The number of aromatic nitrogens is 7. The summed E-state index contributed by atoms with van der Waals surface area (Å²) in [5, 5.41) is 14.3. The number of tetrazole rings is 1. The monoisotopic (exact) mass is 445 g/mol. The Labute approximate surface area is 193 Å². The molecule has 0 radical (unpaired) electrons. The molecule has 4 rings (SSSR count). The highest BCUT2D eigenvalue weighted by Gasteiger charge is 2.13. The average molecular weight is 446 g/mol. The number of benzene rings is 1. The molecule has 8 nitrogen and oxygen atoms in total. The molecule has 0 saturated heterocycles. The first-order valence-corrected chi connectivity index (χ1v) is 11.8. The Kier molecular flexibility index (Phi) is 7.44. The smallest absolute Gasteiger partial charge is 0.299 e. The number of nitrogens with one attached hydrogen (secondary N) is 1. The van der Waals surface area contributed by atoms with Crippen LogP contribution in [0.5, 0.6) is 0 Å². The zero-order valence-corrected chi connectivity index (χ0v) is 19.4. The van der Waals surface area contributed by atoms with Gasteiger partial charge in [0.05, 0.1) is 6.54 Å². The maximum absolute atomic E-state index is 13.1. The molecule has 33 heavy (non-hydrogen) atoms. The van der Waals surface area contributed by atoms with Crippen LogP contribution in [0.3, 0.4) is 0 Å². The van der Waals surface area contributed by atoms with E-state index in [0.29, 0.717) is 12.4 Å². The molecule has 8 heteroatoms. The van der Waals surface area contributed by atoms with E-state index in [2.05, 4.69) is 69.9 Å². The molecule has 3 heterocycles. The molecule has 4 aromatic rings. The van der Waals surface area contributed by atoms with Crippen molar-refractivity contribution in [1.82, 2.24) is 34.7 Å². The lowest BCUT2D eigenvalue weighted by Crippen LogP contribution is -2.25. The number of hydrogen-bond acceptors (Lipinski definition) is 5. The molecule has 172 valence electrons. The number of unbranched alkanes of at least 4 members (excludes halogenated alkanes) is 3. The number of H-pyrrole nitrogens is 1. The molecule has 0 amide bonds. The molecule has 0 aliphatic rings. The second kappa shape index (κ2) is 10.8. The summed E-state index contributed by atoms with van der Waals surface area (Å²) < 4.78 is 3.82. The lowest BCUT2D eigenvalue weighted by molar-refractivity contribution is 0.591. The highest BCUT2D eigenvalue weighted by molar-refractivity contribution is 5.79. The number of hydrogen-bond donors (Lipinski definition) is 1. The minimum absolute atomic E-state index is 0.0903. The van der Waals surface area contributed by atoms with Gasteiger partial charge in [-0.1, -0.05) is 57.4 Å². The van der Waals surface area contributed by atoms with Crippen LogP contribution in [0.2, 0.25) is 0 Å². The zero-order valence-electron chi connectivity index (χ0n) is 19.4. The van der Waals surface area contributed by atoms with Gasteiger partial charge in [-0.2, -0.15) is 5.21 Å². The molecular formula is C25H31N7O. The molecule has 3 aromatic heterocycles. The maximum atomic E-state index is 13.1. The van der Waals surface area contributed by atoms with E-state index in [4.69, 9.17) is 0 Å². The summed E-state index contributed by atoms with van der Waals surface area (Å²) in [4.78, 5) is 17.3. The summed E-state index contributed by atoms with van der Waals surface area (Å²) in [6, 6.07) is 10.3. The molecular weight excluding hydrogens is 414 g/mol. The Morgan fingerprint density at radius 2 is 1.79 bits per heavy atom. The highest BCUT2D eigenvalue weighted by atomic mass is 16.1. The molecule has 1 aromatic carbocycles. The third-order valence-corrected chi connectivity index (χ3v) is 5.93. The largest absolute Gasteiger partial charge is 0.328 e. The van der Waals surface area contributed by atoms with Crippen molar-refractivity contribution in [3.8, 4) is 22.5 Å². The normalized spacial score (nSPS) is 11.2. The molecule has 0 bridgehead atoms. The third kappa shape index (κ3) is 5.27. The fraction of sp³-hybridized carbons (Fsp3) is 0.400. The van der Waals surface area contributed by atoms with Crippen LogP contribution < -0.4 is 5.69 Å². The Hall–Kier alpha value is -3.55. The van der Waals surface area contributed by atoms with Gasteiger partial charge in [0.2, 0.25) is 5.82 Å². The van der Waals surface area contributed by atoms with Gasteiger partial charge in [-0.15, -0.1) is 10.2 Å². The predicted octanol–water partition coefficient (Wildman–Crippen LogP) is 4.47. The van der Waals surface area contributed by atoms with Crippen LogP contribution in [0.1, 0.15) is 57.2 Å². The van der Waals surface area contributed by atoms with Crippen molar-refractivity contribution in [2.24, 2.45) is 0 Å². The summed E-state index contributed by atoms with van der Waals surface area (Å²) in [6.07, 6.45) is 12.0. The van der Waals surface area contributed by atoms with E-state index in [-0.39, 0.29) is 5.69 Å². The first-order chi connectivity index (χ1) is 16.2. The lowest BCUT2D eigenvalue weighted by atomic mass is 10.00. The lowest BCUT2D eigenvalue weighted by Gasteiger charge is -2.10. The first-order valence-electron chi connectivity index (χ1n) is 11.8. The van der Waals surface area contributed by atoms with Gasteiger partial charge in [0.15, 0.2) is 0 Å². The van der Waals surface area contributed by atoms with Crippen molar-refractivity contribution >= 4 is 0 Å². The van der Waals surface area contributed by atoms with Crippen LogP contribution in [0.15, 0.2) is 53.7 Å². The second-order valence-electron chi connectivity index (χ2n) is 8.35. The maximum Gasteiger partial charge on any atom is 0.328 e. The number of nitrogens with zero attached hydrogens (tertiary/aromatic N) is 6. The van der Waals surface area contributed by atoms with Crippen molar-refractivity contribution < 1.29 is 0 Å². The van der Waals surface area contributed by atoms with Crippen LogP contribution in [-0.2, 0) is 19.5 Å². The van der Waals surface area contributed by atoms with E-state index < -0.39 is 0 Å². The van der Waals surface area contributed by atoms with Gasteiger partial charge >= 0.3 is 5.69 Å². The second-order valence-corrected chi connectivity index (χ2v) is 8.35.